The molecule has 0 bridgehead atoms. The molecule has 7 nitrogen and oxygen atoms in total. The van der Waals surface area contributed by atoms with Gasteiger partial charge in [0, 0.05) is 24.2 Å². The Kier molecular flexibility index (Phi) is 6.14. The van der Waals surface area contributed by atoms with Crippen LogP contribution in [-0.2, 0) is 20.2 Å². The monoisotopic (exact) mass is 437 g/mol. The Hall–Kier alpha value is -1.81. The number of amides is 1. The number of sulfonamides is 1. The molecule has 2 unspecified atom stereocenters. The molecule has 1 aromatic heterocycles. The Morgan fingerprint density at radius 2 is 1.76 bits per heavy atom. The van der Waals surface area contributed by atoms with Crippen LogP contribution >= 0.6 is 11.3 Å². The number of nitrogens with one attached hydrogen (secondary N) is 1. The molecular weight excluding hydrogens is 410 g/mol. The first-order valence-electron chi connectivity index (χ1n) is 9.50. The maximum absolute atomic E-state index is 12.9. The highest BCUT2D eigenvalue weighted by molar-refractivity contribution is 7.89. The summed E-state index contributed by atoms with van der Waals surface area (Å²) in [4.78, 5) is 17.5. The quantitative estimate of drug-likeness (QED) is 0.791. The van der Waals surface area contributed by atoms with Gasteiger partial charge in [0.15, 0.2) is 0 Å². The van der Waals surface area contributed by atoms with Crippen molar-refractivity contribution in [3.05, 3.63) is 40.3 Å². The zero-order chi connectivity index (χ0) is 21.4. The number of morpholine rings is 1. The molecule has 2 aromatic rings. The standard InChI is InChI=1S/C20H27N3O4S2/c1-13-11-23(12-14(2)27-13)29(25,26)16-8-6-15(7-9-16)22-18(24)17-10-21-19(28-17)20(3,4)5/h6-10,13-14H,11-12H2,1-5H3,(H,22,24). The lowest BCUT2D eigenvalue weighted by atomic mass is 9.98. The number of carbonyl (C=O) groups excluding carboxylic acids is 1. The van der Waals surface area contributed by atoms with Crippen molar-refractivity contribution in [2.45, 2.75) is 57.1 Å². The predicted molar refractivity (Wildman–Crippen MR) is 114 cm³/mol. The van der Waals surface area contributed by atoms with E-state index in [2.05, 4.69) is 10.3 Å². The van der Waals surface area contributed by atoms with Gasteiger partial charge in [-0.15, -0.1) is 11.3 Å². The minimum absolute atomic E-state index is 0.117. The first-order valence-corrected chi connectivity index (χ1v) is 11.8. The summed E-state index contributed by atoms with van der Waals surface area (Å²) in [5.41, 5.74) is 0.414. The largest absolute Gasteiger partial charge is 0.373 e. The van der Waals surface area contributed by atoms with Gasteiger partial charge < -0.3 is 10.1 Å². The van der Waals surface area contributed by atoms with Crippen molar-refractivity contribution in [1.29, 1.82) is 0 Å². The van der Waals surface area contributed by atoms with E-state index in [0.29, 0.717) is 23.7 Å². The number of hydrogen-bond donors (Lipinski definition) is 1. The van der Waals surface area contributed by atoms with Crippen LogP contribution in [0.25, 0.3) is 0 Å². The summed E-state index contributed by atoms with van der Waals surface area (Å²) < 4.78 is 32.9. The van der Waals surface area contributed by atoms with Gasteiger partial charge in [-0.2, -0.15) is 4.31 Å². The maximum Gasteiger partial charge on any atom is 0.267 e. The fraction of sp³-hybridized carbons (Fsp3) is 0.500. The van der Waals surface area contributed by atoms with Gasteiger partial charge in [0.2, 0.25) is 10.0 Å². The van der Waals surface area contributed by atoms with E-state index in [-0.39, 0.29) is 28.4 Å². The molecule has 1 amide bonds. The Balaban J connectivity index is 1.71. The smallest absolute Gasteiger partial charge is 0.267 e. The minimum atomic E-state index is -3.61. The molecule has 2 heterocycles. The van der Waals surface area contributed by atoms with Crippen LogP contribution < -0.4 is 5.32 Å². The highest BCUT2D eigenvalue weighted by atomic mass is 32.2. The summed E-state index contributed by atoms with van der Waals surface area (Å²) >= 11 is 1.36. The molecule has 0 saturated carbocycles. The van der Waals surface area contributed by atoms with Crippen LogP contribution in [-0.4, -0.2) is 48.9 Å². The zero-order valence-electron chi connectivity index (χ0n) is 17.3. The van der Waals surface area contributed by atoms with Crippen molar-refractivity contribution in [1.82, 2.24) is 9.29 Å². The number of nitrogens with zero attached hydrogens (tertiary/aromatic N) is 2. The lowest BCUT2D eigenvalue weighted by Gasteiger charge is -2.34. The number of hydrogen-bond acceptors (Lipinski definition) is 6. The minimum Gasteiger partial charge on any atom is -0.373 e. The average Bonchev–Trinajstić information content (AvgIpc) is 3.12. The summed E-state index contributed by atoms with van der Waals surface area (Å²) in [6.45, 7) is 10.5. The van der Waals surface area contributed by atoms with Gasteiger partial charge >= 0.3 is 0 Å². The van der Waals surface area contributed by atoms with E-state index in [9.17, 15) is 13.2 Å². The SMILES string of the molecule is CC1CN(S(=O)(=O)c2ccc(NC(=O)c3cnc(C(C)(C)C)s3)cc2)CC(C)O1. The topological polar surface area (TPSA) is 88.6 Å². The van der Waals surface area contributed by atoms with Crippen LogP contribution in [0.15, 0.2) is 35.4 Å². The fourth-order valence-electron chi connectivity index (χ4n) is 3.10. The number of carbonyl (C=O) groups is 1. The van der Waals surface area contributed by atoms with Crippen molar-refractivity contribution in [2.75, 3.05) is 18.4 Å². The maximum atomic E-state index is 12.9. The highest BCUT2D eigenvalue weighted by Gasteiger charge is 2.32. The molecule has 1 saturated heterocycles. The lowest BCUT2D eigenvalue weighted by Crippen LogP contribution is -2.48. The summed E-state index contributed by atoms with van der Waals surface area (Å²) in [6, 6.07) is 6.24. The van der Waals surface area contributed by atoms with Crippen molar-refractivity contribution >= 4 is 33.0 Å². The molecule has 9 heteroatoms. The van der Waals surface area contributed by atoms with Gasteiger partial charge in [-0.1, -0.05) is 20.8 Å². The van der Waals surface area contributed by atoms with E-state index in [4.69, 9.17) is 4.74 Å². The second-order valence-electron chi connectivity index (χ2n) is 8.34. The highest BCUT2D eigenvalue weighted by Crippen LogP contribution is 2.27. The third-order valence-corrected chi connectivity index (χ3v) is 7.77. The van der Waals surface area contributed by atoms with Crippen LogP contribution in [0.1, 0.15) is 49.3 Å². The molecule has 1 N–H and O–H groups in total. The number of rotatable bonds is 4. The molecule has 1 aliphatic heterocycles. The molecule has 2 atom stereocenters. The second kappa shape index (κ2) is 8.14. The van der Waals surface area contributed by atoms with E-state index in [1.54, 1.807) is 18.3 Å². The van der Waals surface area contributed by atoms with Gasteiger partial charge in [-0.25, -0.2) is 13.4 Å². The molecule has 1 fully saturated rings. The van der Waals surface area contributed by atoms with Crippen LogP contribution in [0.2, 0.25) is 0 Å². The average molecular weight is 438 g/mol. The summed E-state index contributed by atoms with van der Waals surface area (Å²) in [7, 11) is -3.61. The number of thiazole rings is 1. The van der Waals surface area contributed by atoms with E-state index in [1.165, 1.54) is 27.8 Å². The van der Waals surface area contributed by atoms with E-state index >= 15 is 0 Å². The van der Waals surface area contributed by atoms with Crippen molar-refractivity contribution in [2.24, 2.45) is 0 Å². The van der Waals surface area contributed by atoms with Crippen molar-refractivity contribution < 1.29 is 17.9 Å². The molecule has 29 heavy (non-hydrogen) atoms. The van der Waals surface area contributed by atoms with Crippen LogP contribution in [0.3, 0.4) is 0 Å². The van der Waals surface area contributed by atoms with E-state index < -0.39 is 10.0 Å². The second-order valence-corrected chi connectivity index (χ2v) is 11.3. The fourth-order valence-corrected chi connectivity index (χ4v) is 5.56. The third-order valence-electron chi connectivity index (χ3n) is 4.51. The van der Waals surface area contributed by atoms with Gasteiger partial charge in [0.05, 0.1) is 28.3 Å². The first kappa shape index (κ1) is 21.9. The molecule has 0 spiro atoms. The summed E-state index contributed by atoms with van der Waals surface area (Å²) in [6.07, 6.45) is 1.27. The normalized spacial score (nSPS) is 21.1. The van der Waals surface area contributed by atoms with Crippen LogP contribution in [0.5, 0.6) is 0 Å². The molecular formula is C20H27N3O4S2. The van der Waals surface area contributed by atoms with Crippen LogP contribution in [0.4, 0.5) is 5.69 Å². The van der Waals surface area contributed by atoms with Gasteiger partial charge in [0.1, 0.15) is 4.88 Å². The van der Waals surface area contributed by atoms with Gasteiger partial charge in [-0.05, 0) is 38.1 Å². The van der Waals surface area contributed by atoms with Crippen LogP contribution in [0, 0.1) is 0 Å². The molecule has 3 rings (SSSR count). The van der Waals surface area contributed by atoms with Gasteiger partial charge in [-0.3, -0.25) is 4.79 Å². The summed E-state index contributed by atoms with van der Waals surface area (Å²) in [5.74, 6) is -0.260. The first-order chi connectivity index (χ1) is 13.5. The molecule has 158 valence electrons. The van der Waals surface area contributed by atoms with E-state index in [1.807, 2.05) is 34.6 Å². The molecule has 0 radical (unpaired) electrons. The predicted octanol–water partition coefficient (Wildman–Crippen LogP) is 3.49. The third kappa shape index (κ3) is 5.03. The number of aromatic nitrogens is 1. The van der Waals surface area contributed by atoms with E-state index in [0.717, 1.165) is 5.01 Å². The Morgan fingerprint density at radius 3 is 2.28 bits per heavy atom. The van der Waals surface area contributed by atoms with Crippen molar-refractivity contribution in [3.63, 3.8) is 0 Å². The number of ether oxygens (including phenoxy) is 1. The Bertz CT molecular complexity index is 968. The number of benzene rings is 1. The molecule has 0 aliphatic carbocycles. The Labute approximate surface area is 176 Å². The van der Waals surface area contributed by atoms with Gasteiger partial charge in [0.25, 0.3) is 5.91 Å². The number of anilines is 1. The molecule has 1 aliphatic rings. The Morgan fingerprint density at radius 1 is 1.17 bits per heavy atom. The van der Waals surface area contributed by atoms with Crippen molar-refractivity contribution in [3.8, 4) is 0 Å². The summed E-state index contributed by atoms with van der Waals surface area (Å²) in [5, 5.41) is 3.69. The lowest BCUT2D eigenvalue weighted by molar-refractivity contribution is -0.0440. The zero-order valence-corrected chi connectivity index (χ0v) is 18.9. The molecule has 1 aromatic carbocycles.